The molecule has 1 amide bonds. The summed E-state index contributed by atoms with van der Waals surface area (Å²) in [5.41, 5.74) is 4.04. The number of ketones is 2. The van der Waals surface area contributed by atoms with Gasteiger partial charge in [0.2, 0.25) is 5.91 Å². The summed E-state index contributed by atoms with van der Waals surface area (Å²) in [6.45, 7) is 5.19. The molecule has 0 fully saturated rings. The van der Waals surface area contributed by atoms with Crippen LogP contribution in [0.5, 0.6) is 0 Å². The van der Waals surface area contributed by atoms with Crippen molar-refractivity contribution in [2.45, 2.75) is 104 Å². The second kappa shape index (κ2) is 13.1. The highest BCUT2D eigenvalue weighted by molar-refractivity contribution is 6.07. The smallest absolute Gasteiger partial charge is 0.244 e. The van der Waals surface area contributed by atoms with Crippen LogP contribution < -0.4 is 0 Å². The summed E-state index contributed by atoms with van der Waals surface area (Å²) >= 11 is 0. The Bertz CT molecular complexity index is 1330. The van der Waals surface area contributed by atoms with Crippen molar-refractivity contribution in [2.24, 2.45) is 0 Å². The molecule has 0 saturated carbocycles. The predicted octanol–water partition coefficient (Wildman–Crippen LogP) is 5.88. The average Bonchev–Trinajstić information content (AvgIpc) is 3.29. The normalized spacial score (nSPS) is 18.2. The number of carbonyl (C=O) groups excluding carboxylic acids is 3. The van der Waals surface area contributed by atoms with Gasteiger partial charge in [-0.2, -0.15) is 5.10 Å². The molecule has 39 heavy (non-hydrogen) atoms. The third-order valence-corrected chi connectivity index (χ3v) is 7.91. The van der Waals surface area contributed by atoms with Crippen LogP contribution in [0, 0.1) is 6.92 Å². The Hall–Kier alpha value is -3.42. The number of likely N-dealkylation sites (N-methyl/N-ethyl adjacent to an activating group) is 1. The molecule has 0 bridgehead atoms. The Morgan fingerprint density at radius 1 is 0.949 bits per heavy atom. The zero-order valence-electron chi connectivity index (χ0n) is 23.8. The lowest BCUT2D eigenvalue weighted by Gasteiger charge is -2.27. The summed E-state index contributed by atoms with van der Waals surface area (Å²) in [6.07, 6.45) is 14.4. The molecule has 1 aliphatic heterocycles. The molecule has 8 nitrogen and oxygen atoms in total. The number of aromatic nitrogens is 4. The van der Waals surface area contributed by atoms with E-state index in [0.717, 1.165) is 66.1 Å². The summed E-state index contributed by atoms with van der Waals surface area (Å²) < 4.78 is 1.68. The lowest BCUT2D eigenvalue weighted by Crippen LogP contribution is -2.43. The highest BCUT2D eigenvalue weighted by atomic mass is 16.2. The van der Waals surface area contributed by atoms with Crippen molar-refractivity contribution in [1.29, 1.82) is 0 Å². The number of aryl methyl sites for hydroxylation is 2. The number of carbonyl (C=O) groups is 3. The summed E-state index contributed by atoms with van der Waals surface area (Å²) in [5.74, 6) is 0.462. The SMILES string of the molecule is CCC(=O)[C@@H]1CCCCCCCCCCc2cc(-c3cnc(C)nc3)cc3c(C(C)=O)nn(c23)CC(=O)N1C. The summed E-state index contributed by atoms with van der Waals surface area (Å²) in [4.78, 5) is 49.4. The van der Waals surface area contributed by atoms with Crippen LogP contribution in [0.15, 0.2) is 24.5 Å². The second-order valence-electron chi connectivity index (χ2n) is 10.8. The lowest BCUT2D eigenvalue weighted by atomic mass is 9.96. The third-order valence-electron chi connectivity index (χ3n) is 7.91. The summed E-state index contributed by atoms with van der Waals surface area (Å²) in [7, 11) is 1.72. The van der Waals surface area contributed by atoms with Gasteiger partial charge in [-0.3, -0.25) is 19.1 Å². The lowest BCUT2D eigenvalue weighted by molar-refractivity contribution is -0.138. The van der Waals surface area contributed by atoms with E-state index in [4.69, 9.17) is 0 Å². The van der Waals surface area contributed by atoms with Crippen LogP contribution in [-0.4, -0.2) is 55.2 Å². The number of rotatable bonds is 4. The monoisotopic (exact) mass is 531 g/mol. The fourth-order valence-corrected chi connectivity index (χ4v) is 5.61. The van der Waals surface area contributed by atoms with Gasteiger partial charge in [0.15, 0.2) is 11.6 Å². The molecule has 8 heteroatoms. The van der Waals surface area contributed by atoms with Gasteiger partial charge in [0, 0.05) is 43.7 Å². The van der Waals surface area contributed by atoms with Gasteiger partial charge in [-0.25, -0.2) is 9.97 Å². The standard InChI is InChI=1S/C31H41N5O3/c1-5-28(38)27-15-13-11-9-7-6-8-10-12-14-23-16-24(25-18-32-22(3)33-19-25)17-26-30(21(2)37)34-36(31(23)26)20-29(39)35(27)4/h16-19,27H,5-15,20H2,1-4H3/t27-/m0/s1. The zero-order valence-corrected chi connectivity index (χ0v) is 23.8. The van der Waals surface area contributed by atoms with Crippen LogP contribution in [0.3, 0.4) is 0 Å². The van der Waals surface area contributed by atoms with E-state index in [9.17, 15) is 14.4 Å². The molecule has 0 saturated heterocycles. The minimum atomic E-state index is -0.431. The van der Waals surface area contributed by atoms with Gasteiger partial charge >= 0.3 is 0 Å². The van der Waals surface area contributed by atoms with E-state index in [-0.39, 0.29) is 24.0 Å². The molecule has 3 aromatic rings. The molecular weight excluding hydrogens is 490 g/mol. The zero-order chi connectivity index (χ0) is 27.9. The highest BCUT2D eigenvalue weighted by Gasteiger charge is 2.27. The molecule has 0 aliphatic carbocycles. The van der Waals surface area contributed by atoms with Crippen molar-refractivity contribution in [3.63, 3.8) is 0 Å². The van der Waals surface area contributed by atoms with Crippen molar-refractivity contribution < 1.29 is 14.4 Å². The molecule has 1 aliphatic rings. The molecule has 0 radical (unpaired) electrons. The first-order chi connectivity index (χ1) is 18.8. The molecule has 208 valence electrons. The van der Waals surface area contributed by atoms with Crippen molar-refractivity contribution in [2.75, 3.05) is 7.05 Å². The predicted molar refractivity (Wildman–Crippen MR) is 153 cm³/mol. The van der Waals surface area contributed by atoms with Gasteiger partial charge in [0.05, 0.1) is 11.6 Å². The maximum absolute atomic E-state index is 13.6. The van der Waals surface area contributed by atoms with Crippen LogP contribution >= 0.6 is 0 Å². The van der Waals surface area contributed by atoms with Crippen LogP contribution in [0.4, 0.5) is 0 Å². The van der Waals surface area contributed by atoms with E-state index in [0.29, 0.717) is 24.4 Å². The number of nitrogens with zero attached hydrogens (tertiary/aromatic N) is 5. The van der Waals surface area contributed by atoms with Gasteiger partial charge in [-0.05, 0) is 49.4 Å². The van der Waals surface area contributed by atoms with Crippen molar-refractivity contribution in [3.05, 3.63) is 41.6 Å². The van der Waals surface area contributed by atoms with Crippen LogP contribution in [0.1, 0.15) is 99.9 Å². The van der Waals surface area contributed by atoms with E-state index >= 15 is 0 Å². The number of hydrogen-bond donors (Lipinski definition) is 0. The van der Waals surface area contributed by atoms with E-state index < -0.39 is 6.04 Å². The molecule has 3 heterocycles. The van der Waals surface area contributed by atoms with Crippen molar-refractivity contribution in [3.8, 4) is 11.1 Å². The maximum Gasteiger partial charge on any atom is 0.244 e. The van der Waals surface area contributed by atoms with Crippen molar-refractivity contribution >= 4 is 28.4 Å². The van der Waals surface area contributed by atoms with E-state index in [1.165, 1.54) is 26.2 Å². The Kier molecular flexibility index (Phi) is 9.59. The van der Waals surface area contributed by atoms with Gasteiger partial charge in [0.25, 0.3) is 0 Å². The Balaban J connectivity index is 1.80. The first-order valence-electron chi connectivity index (χ1n) is 14.4. The molecule has 0 N–H and O–H groups in total. The minimum absolute atomic E-state index is 0.0201. The third kappa shape index (κ3) is 6.78. The van der Waals surface area contributed by atoms with Gasteiger partial charge in [0.1, 0.15) is 18.1 Å². The fraction of sp³-hybridized carbons (Fsp3) is 0.548. The molecule has 4 rings (SSSR count). The molecule has 1 aromatic carbocycles. The van der Waals surface area contributed by atoms with E-state index in [1.54, 1.807) is 29.0 Å². The number of amides is 1. The molecular formula is C31H41N5O3. The number of Topliss-reactive ketones (excluding diaryl/α,β-unsaturated/α-hetero) is 2. The average molecular weight is 532 g/mol. The summed E-state index contributed by atoms with van der Waals surface area (Å²) in [6, 6.07) is 3.66. The quantitative estimate of drug-likeness (QED) is 0.390. The van der Waals surface area contributed by atoms with Crippen molar-refractivity contribution in [1.82, 2.24) is 24.6 Å². The van der Waals surface area contributed by atoms with E-state index in [1.807, 2.05) is 19.9 Å². The molecule has 0 spiro atoms. The van der Waals surface area contributed by atoms with E-state index in [2.05, 4.69) is 21.1 Å². The summed E-state index contributed by atoms with van der Waals surface area (Å²) in [5, 5.41) is 5.41. The molecule has 1 atom stereocenters. The molecule has 0 unspecified atom stereocenters. The number of hydrogen-bond acceptors (Lipinski definition) is 6. The second-order valence-corrected chi connectivity index (χ2v) is 10.8. The topological polar surface area (TPSA) is 98.0 Å². The Morgan fingerprint density at radius 2 is 1.59 bits per heavy atom. The first-order valence-corrected chi connectivity index (χ1v) is 14.4. The largest absolute Gasteiger partial charge is 0.334 e. The first kappa shape index (κ1) is 28.6. The molecule has 2 aromatic heterocycles. The van der Waals surface area contributed by atoms with Crippen LogP contribution in [-0.2, 0) is 22.6 Å². The minimum Gasteiger partial charge on any atom is -0.334 e. The van der Waals surface area contributed by atoms with Crippen LogP contribution in [0.2, 0.25) is 0 Å². The fourth-order valence-electron chi connectivity index (χ4n) is 5.61. The van der Waals surface area contributed by atoms with Gasteiger partial charge in [-0.1, -0.05) is 51.9 Å². The Morgan fingerprint density at radius 3 is 2.23 bits per heavy atom. The Labute approximate surface area is 231 Å². The maximum atomic E-state index is 13.6. The van der Waals surface area contributed by atoms with Gasteiger partial charge in [-0.15, -0.1) is 0 Å². The van der Waals surface area contributed by atoms with Crippen LogP contribution in [0.25, 0.3) is 22.0 Å². The number of benzene rings is 1. The van der Waals surface area contributed by atoms with Gasteiger partial charge < -0.3 is 4.90 Å². The highest BCUT2D eigenvalue weighted by Crippen LogP contribution is 2.31.